The zero-order valence-corrected chi connectivity index (χ0v) is 14.7. The summed E-state index contributed by atoms with van der Waals surface area (Å²) in [5, 5.41) is 0.744. The molecule has 1 aromatic carbocycles. The predicted octanol–water partition coefficient (Wildman–Crippen LogP) is 4.05. The number of methoxy groups -OCH3 is 1. The molecule has 0 bridgehead atoms. The van der Waals surface area contributed by atoms with E-state index in [2.05, 4.69) is 30.9 Å². The van der Waals surface area contributed by atoms with Crippen molar-refractivity contribution >= 4 is 45.0 Å². The van der Waals surface area contributed by atoms with E-state index in [1.165, 1.54) is 7.11 Å². The molecule has 5 nitrogen and oxygen atoms in total. The number of hydrogen-bond donors (Lipinski definition) is 0. The maximum atomic E-state index is 11.9. The van der Waals surface area contributed by atoms with Crippen molar-refractivity contribution in [1.82, 2.24) is 15.0 Å². The number of fused-ring (bicyclic) bond motifs is 1. The van der Waals surface area contributed by atoms with Crippen molar-refractivity contribution in [1.29, 1.82) is 0 Å². The lowest BCUT2D eigenvalue weighted by molar-refractivity contribution is 0.0603. The Balaban J connectivity index is 2.01. The molecule has 0 N–H and O–H groups in total. The van der Waals surface area contributed by atoms with Gasteiger partial charge in [-0.25, -0.2) is 19.7 Å². The van der Waals surface area contributed by atoms with Gasteiger partial charge in [-0.3, -0.25) is 0 Å². The first-order chi connectivity index (χ1) is 11.6. The van der Waals surface area contributed by atoms with E-state index in [0.29, 0.717) is 16.9 Å². The van der Waals surface area contributed by atoms with Crippen LogP contribution in [0.25, 0.3) is 23.1 Å². The maximum Gasteiger partial charge on any atom is 0.338 e. The molecule has 0 aliphatic heterocycles. The molecular weight excluding hydrogens is 370 g/mol. The van der Waals surface area contributed by atoms with Crippen molar-refractivity contribution in [2.45, 2.75) is 6.92 Å². The second-order valence-electron chi connectivity index (χ2n) is 5.14. The lowest BCUT2D eigenvalue weighted by atomic mass is 10.1. The largest absolute Gasteiger partial charge is 0.465 e. The average molecular weight is 384 g/mol. The van der Waals surface area contributed by atoms with Crippen LogP contribution in [0.2, 0.25) is 0 Å². The molecule has 0 aliphatic rings. The average Bonchev–Trinajstić information content (AvgIpc) is 2.58. The Hall–Kier alpha value is -2.60. The molecule has 2 heterocycles. The molecule has 120 valence electrons. The van der Waals surface area contributed by atoms with Crippen molar-refractivity contribution < 1.29 is 9.53 Å². The summed E-state index contributed by atoms with van der Waals surface area (Å²) in [6, 6.07) is 9.14. The number of hydrogen-bond acceptors (Lipinski definition) is 5. The van der Waals surface area contributed by atoms with E-state index in [4.69, 9.17) is 4.74 Å². The van der Waals surface area contributed by atoms with Crippen LogP contribution in [0.3, 0.4) is 0 Å². The van der Waals surface area contributed by atoms with Gasteiger partial charge in [-0.05, 0) is 49.4 Å². The molecular formula is C18H14BrN3O2. The molecule has 0 radical (unpaired) electrons. The molecule has 0 spiro atoms. The number of rotatable bonds is 3. The smallest absolute Gasteiger partial charge is 0.338 e. The van der Waals surface area contributed by atoms with Crippen LogP contribution in [0.4, 0.5) is 0 Å². The van der Waals surface area contributed by atoms with E-state index in [1.54, 1.807) is 18.3 Å². The summed E-state index contributed by atoms with van der Waals surface area (Å²) in [7, 11) is 1.36. The number of halogens is 1. The Kier molecular flexibility index (Phi) is 4.66. The van der Waals surface area contributed by atoms with Crippen molar-refractivity contribution in [2.24, 2.45) is 0 Å². The summed E-state index contributed by atoms with van der Waals surface area (Å²) in [6.07, 6.45) is 5.36. The van der Waals surface area contributed by atoms with Crippen LogP contribution in [0.1, 0.15) is 27.6 Å². The van der Waals surface area contributed by atoms with Gasteiger partial charge in [0.1, 0.15) is 0 Å². The Labute approximate surface area is 147 Å². The zero-order valence-electron chi connectivity index (χ0n) is 13.2. The minimum atomic E-state index is -0.389. The van der Waals surface area contributed by atoms with Crippen molar-refractivity contribution in [2.75, 3.05) is 7.11 Å². The molecule has 0 atom stereocenters. The van der Waals surface area contributed by atoms with Crippen LogP contribution in [-0.4, -0.2) is 28.0 Å². The summed E-state index contributed by atoms with van der Waals surface area (Å²) in [5.74, 6) is 0.237. The zero-order chi connectivity index (χ0) is 17.1. The number of carbonyl (C=O) groups is 1. The van der Waals surface area contributed by atoms with Gasteiger partial charge >= 0.3 is 5.97 Å². The van der Waals surface area contributed by atoms with E-state index in [1.807, 2.05) is 37.3 Å². The highest BCUT2D eigenvalue weighted by atomic mass is 79.9. The van der Waals surface area contributed by atoms with Gasteiger partial charge in [0.25, 0.3) is 0 Å². The Morgan fingerprint density at radius 2 is 2.00 bits per heavy atom. The van der Waals surface area contributed by atoms with Gasteiger partial charge in [-0.2, -0.15) is 0 Å². The SMILES string of the molecule is COC(=O)c1cc(Br)cc2nc(/C=C/c3nccc(C)n3)ccc12. The van der Waals surface area contributed by atoms with Crippen molar-refractivity contribution in [3.63, 3.8) is 0 Å². The molecule has 0 unspecified atom stereocenters. The highest BCUT2D eigenvalue weighted by molar-refractivity contribution is 9.10. The van der Waals surface area contributed by atoms with Crippen LogP contribution in [-0.2, 0) is 4.74 Å². The standard InChI is InChI=1S/C18H14BrN3O2/c1-11-7-8-20-17(21-11)6-4-13-3-5-14-15(18(23)24-2)9-12(19)10-16(14)22-13/h3-10H,1-2H3/b6-4+. The molecule has 0 saturated heterocycles. The van der Waals surface area contributed by atoms with Gasteiger partial charge in [-0.15, -0.1) is 0 Å². The molecule has 0 fully saturated rings. The molecule has 3 rings (SSSR count). The Morgan fingerprint density at radius 3 is 2.75 bits per heavy atom. The molecule has 2 aromatic heterocycles. The number of aryl methyl sites for hydroxylation is 1. The van der Waals surface area contributed by atoms with Crippen LogP contribution in [0, 0.1) is 6.92 Å². The van der Waals surface area contributed by atoms with E-state index < -0.39 is 0 Å². The highest BCUT2D eigenvalue weighted by Gasteiger charge is 2.12. The van der Waals surface area contributed by atoms with Crippen molar-refractivity contribution in [3.8, 4) is 0 Å². The molecule has 0 amide bonds. The van der Waals surface area contributed by atoms with Gasteiger partial charge in [0.05, 0.1) is 23.9 Å². The first-order valence-electron chi connectivity index (χ1n) is 7.23. The third-order valence-corrected chi connectivity index (χ3v) is 3.87. The van der Waals surface area contributed by atoms with Crippen LogP contribution >= 0.6 is 15.9 Å². The first-order valence-corrected chi connectivity index (χ1v) is 8.02. The fourth-order valence-electron chi connectivity index (χ4n) is 2.30. The predicted molar refractivity (Wildman–Crippen MR) is 96.5 cm³/mol. The Morgan fingerprint density at radius 1 is 1.17 bits per heavy atom. The van der Waals surface area contributed by atoms with Gasteiger partial charge in [0, 0.05) is 21.7 Å². The van der Waals surface area contributed by atoms with Crippen LogP contribution in [0.15, 0.2) is 41.0 Å². The number of nitrogens with zero attached hydrogens (tertiary/aromatic N) is 3. The van der Waals surface area contributed by atoms with Crippen LogP contribution in [0.5, 0.6) is 0 Å². The summed E-state index contributed by atoms with van der Waals surface area (Å²) >= 11 is 3.40. The number of benzene rings is 1. The quantitative estimate of drug-likeness (QED) is 0.638. The molecule has 6 heteroatoms. The van der Waals surface area contributed by atoms with Gasteiger partial charge < -0.3 is 4.74 Å². The summed E-state index contributed by atoms with van der Waals surface area (Å²) < 4.78 is 5.60. The summed E-state index contributed by atoms with van der Waals surface area (Å²) in [6.45, 7) is 1.92. The number of esters is 1. The third kappa shape index (κ3) is 3.49. The number of aromatic nitrogens is 3. The lowest BCUT2D eigenvalue weighted by Crippen LogP contribution is -2.02. The molecule has 0 saturated carbocycles. The number of carbonyl (C=O) groups excluding carboxylic acids is 1. The van der Waals surface area contributed by atoms with E-state index in [9.17, 15) is 4.79 Å². The van der Waals surface area contributed by atoms with E-state index >= 15 is 0 Å². The fourth-order valence-corrected chi connectivity index (χ4v) is 2.74. The van der Waals surface area contributed by atoms with E-state index in [0.717, 1.165) is 21.2 Å². The Bertz CT molecular complexity index is 954. The fraction of sp³-hybridized carbons (Fsp3) is 0.111. The molecule has 3 aromatic rings. The van der Waals surface area contributed by atoms with Gasteiger partial charge in [0.15, 0.2) is 5.82 Å². The van der Waals surface area contributed by atoms with Crippen LogP contribution < -0.4 is 0 Å². The minimum absolute atomic E-state index is 0.389. The monoisotopic (exact) mass is 383 g/mol. The topological polar surface area (TPSA) is 65.0 Å². The third-order valence-electron chi connectivity index (χ3n) is 3.42. The number of ether oxygens (including phenoxy) is 1. The first kappa shape index (κ1) is 16.3. The molecule has 24 heavy (non-hydrogen) atoms. The highest BCUT2D eigenvalue weighted by Crippen LogP contribution is 2.24. The second-order valence-corrected chi connectivity index (χ2v) is 6.05. The van der Waals surface area contributed by atoms with Gasteiger partial charge in [0.2, 0.25) is 0 Å². The summed E-state index contributed by atoms with van der Waals surface area (Å²) in [5.41, 5.74) is 2.84. The normalized spacial score (nSPS) is 11.1. The maximum absolute atomic E-state index is 11.9. The minimum Gasteiger partial charge on any atom is -0.465 e. The van der Waals surface area contributed by atoms with E-state index in [-0.39, 0.29) is 5.97 Å². The van der Waals surface area contributed by atoms with Gasteiger partial charge in [-0.1, -0.05) is 15.9 Å². The molecule has 0 aliphatic carbocycles. The second kappa shape index (κ2) is 6.88. The summed E-state index contributed by atoms with van der Waals surface area (Å²) in [4.78, 5) is 25.0. The number of pyridine rings is 1. The lowest BCUT2D eigenvalue weighted by Gasteiger charge is -2.06. The van der Waals surface area contributed by atoms with Crippen molar-refractivity contribution in [3.05, 3.63) is 63.8 Å².